The zero-order chi connectivity index (χ0) is 10.9. The Morgan fingerprint density at radius 3 is 3.07 bits per heavy atom. The van der Waals surface area contributed by atoms with Crippen LogP contribution in [-0.2, 0) is 16.8 Å². The molecule has 0 saturated carbocycles. The normalized spacial score (nSPS) is 24.1. The van der Waals surface area contributed by atoms with E-state index in [1.54, 1.807) is 12.1 Å². The molecular weight excluding hydrogens is 193 g/mol. The molecule has 2 nitrogen and oxygen atoms in total. The first-order chi connectivity index (χ1) is 7.15. The molecule has 0 amide bonds. The molecule has 78 valence electrons. The molecule has 0 radical (unpaired) electrons. The highest BCUT2D eigenvalue weighted by Crippen LogP contribution is 2.38. The van der Waals surface area contributed by atoms with Crippen molar-refractivity contribution < 1.29 is 9.18 Å². The van der Waals surface area contributed by atoms with Crippen LogP contribution in [0.1, 0.15) is 30.9 Å². The second kappa shape index (κ2) is 3.59. The van der Waals surface area contributed by atoms with Gasteiger partial charge < -0.3 is 0 Å². The van der Waals surface area contributed by atoms with E-state index in [1.807, 2.05) is 6.92 Å². The molecule has 15 heavy (non-hydrogen) atoms. The Morgan fingerprint density at radius 1 is 1.53 bits per heavy atom. The summed E-state index contributed by atoms with van der Waals surface area (Å²) in [5.74, 6) is -0.275. The molecule has 1 aromatic rings. The quantitative estimate of drug-likeness (QED) is 0.512. The Morgan fingerprint density at radius 2 is 2.33 bits per heavy atom. The molecule has 0 heterocycles. The number of rotatable bonds is 1. The molecule has 0 fully saturated rings. The Hall–Kier alpha value is -1.47. The van der Waals surface area contributed by atoms with Gasteiger partial charge in [-0.1, -0.05) is 6.07 Å². The van der Waals surface area contributed by atoms with E-state index in [0.717, 1.165) is 30.4 Å². The zero-order valence-corrected chi connectivity index (χ0v) is 8.59. The number of hydrogen-bond donors (Lipinski definition) is 0. The van der Waals surface area contributed by atoms with Crippen LogP contribution in [0, 0.1) is 5.82 Å². The lowest BCUT2D eigenvalue weighted by atomic mass is 9.78. The van der Waals surface area contributed by atoms with Gasteiger partial charge in [0.2, 0.25) is 6.08 Å². The molecule has 1 aliphatic carbocycles. The maximum absolute atomic E-state index is 13.1. The second-order valence-electron chi connectivity index (χ2n) is 4.13. The van der Waals surface area contributed by atoms with Gasteiger partial charge in [-0.2, -0.15) is 4.99 Å². The van der Waals surface area contributed by atoms with Crippen LogP contribution in [0.2, 0.25) is 0 Å². The fraction of sp³-hybridized carbons (Fsp3) is 0.417. The van der Waals surface area contributed by atoms with Gasteiger partial charge in [-0.05, 0) is 49.4 Å². The van der Waals surface area contributed by atoms with Crippen molar-refractivity contribution in [3.63, 3.8) is 0 Å². The van der Waals surface area contributed by atoms with Gasteiger partial charge in [-0.25, -0.2) is 9.18 Å². The monoisotopic (exact) mass is 205 g/mol. The summed E-state index contributed by atoms with van der Waals surface area (Å²) < 4.78 is 13.1. The minimum absolute atomic E-state index is 0.275. The molecule has 1 unspecified atom stereocenters. The SMILES string of the molecule is CC1(N=C=O)CCCc2ccc(F)cc21. The summed E-state index contributed by atoms with van der Waals surface area (Å²) in [4.78, 5) is 14.2. The lowest BCUT2D eigenvalue weighted by Gasteiger charge is -2.30. The lowest BCUT2D eigenvalue weighted by Crippen LogP contribution is -2.25. The van der Waals surface area contributed by atoms with Gasteiger partial charge in [0, 0.05) is 0 Å². The molecule has 1 aromatic carbocycles. The molecule has 0 aromatic heterocycles. The third-order valence-corrected chi connectivity index (χ3v) is 3.05. The summed E-state index contributed by atoms with van der Waals surface area (Å²) in [5, 5.41) is 0. The van der Waals surface area contributed by atoms with Crippen molar-refractivity contribution >= 4 is 6.08 Å². The van der Waals surface area contributed by atoms with Crippen LogP contribution < -0.4 is 0 Å². The molecule has 3 heteroatoms. The number of aliphatic imine (C=N–C) groups is 1. The van der Waals surface area contributed by atoms with E-state index < -0.39 is 5.54 Å². The zero-order valence-electron chi connectivity index (χ0n) is 8.59. The number of benzene rings is 1. The molecule has 1 aliphatic rings. The molecule has 1 atom stereocenters. The first kappa shape index (κ1) is 10.1. The minimum atomic E-state index is -0.586. The van der Waals surface area contributed by atoms with E-state index in [-0.39, 0.29) is 5.82 Å². The van der Waals surface area contributed by atoms with Crippen molar-refractivity contribution in [1.29, 1.82) is 0 Å². The smallest absolute Gasteiger partial charge is 0.211 e. The summed E-state index contributed by atoms with van der Waals surface area (Å²) in [7, 11) is 0. The number of aryl methyl sites for hydroxylation is 1. The molecule has 0 aliphatic heterocycles. The van der Waals surface area contributed by atoms with Crippen LogP contribution in [0.5, 0.6) is 0 Å². The Labute approximate surface area is 87.8 Å². The number of nitrogens with zero attached hydrogens (tertiary/aromatic N) is 1. The summed E-state index contributed by atoms with van der Waals surface area (Å²) in [6.45, 7) is 1.86. The lowest BCUT2D eigenvalue weighted by molar-refractivity contribution is 0.405. The molecule has 2 rings (SSSR count). The maximum Gasteiger partial charge on any atom is 0.235 e. The number of isocyanates is 1. The maximum atomic E-state index is 13.1. The van der Waals surface area contributed by atoms with Crippen LogP contribution in [0.25, 0.3) is 0 Å². The molecule has 0 saturated heterocycles. The summed E-state index contributed by atoms with van der Waals surface area (Å²) in [6, 6.07) is 4.72. The third-order valence-electron chi connectivity index (χ3n) is 3.05. The van der Waals surface area contributed by atoms with E-state index in [0.29, 0.717) is 0 Å². The van der Waals surface area contributed by atoms with E-state index >= 15 is 0 Å². The van der Waals surface area contributed by atoms with Crippen LogP contribution in [0.4, 0.5) is 4.39 Å². The second-order valence-corrected chi connectivity index (χ2v) is 4.13. The van der Waals surface area contributed by atoms with E-state index in [1.165, 1.54) is 12.1 Å². The van der Waals surface area contributed by atoms with Crippen LogP contribution in [0.15, 0.2) is 23.2 Å². The Kier molecular flexibility index (Phi) is 2.41. The van der Waals surface area contributed by atoms with Crippen molar-refractivity contribution in [3.8, 4) is 0 Å². The van der Waals surface area contributed by atoms with Crippen LogP contribution in [0.3, 0.4) is 0 Å². The fourth-order valence-electron chi connectivity index (χ4n) is 2.24. The first-order valence-corrected chi connectivity index (χ1v) is 5.04. The van der Waals surface area contributed by atoms with Gasteiger partial charge in [0.15, 0.2) is 0 Å². The average Bonchev–Trinajstić information content (AvgIpc) is 2.20. The summed E-state index contributed by atoms with van der Waals surface area (Å²) in [5.41, 5.74) is 1.33. The first-order valence-electron chi connectivity index (χ1n) is 5.04. The van der Waals surface area contributed by atoms with E-state index in [9.17, 15) is 9.18 Å². The number of halogens is 1. The molecule has 0 bridgehead atoms. The standard InChI is InChI=1S/C12H12FNO/c1-12(14-8-15)6-2-3-9-4-5-10(13)7-11(9)12/h4-5,7H,2-3,6H2,1H3. The van der Waals surface area contributed by atoms with Gasteiger partial charge in [-0.3, -0.25) is 0 Å². The molecular formula is C12H12FNO. The predicted octanol–water partition coefficient (Wildman–Crippen LogP) is 2.71. The van der Waals surface area contributed by atoms with Gasteiger partial charge in [0.1, 0.15) is 5.82 Å². The van der Waals surface area contributed by atoms with Crippen molar-refractivity contribution in [2.24, 2.45) is 4.99 Å². The molecule has 0 spiro atoms. The van der Waals surface area contributed by atoms with E-state index in [2.05, 4.69) is 4.99 Å². The Bertz CT molecular complexity index is 437. The fourth-order valence-corrected chi connectivity index (χ4v) is 2.24. The summed E-state index contributed by atoms with van der Waals surface area (Å²) >= 11 is 0. The van der Waals surface area contributed by atoms with Gasteiger partial charge >= 0.3 is 0 Å². The number of fused-ring (bicyclic) bond motifs is 1. The average molecular weight is 205 g/mol. The largest absolute Gasteiger partial charge is 0.235 e. The highest BCUT2D eigenvalue weighted by Gasteiger charge is 2.31. The number of hydrogen-bond acceptors (Lipinski definition) is 2. The van der Waals surface area contributed by atoms with Crippen molar-refractivity contribution in [3.05, 3.63) is 35.1 Å². The topological polar surface area (TPSA) is 29.4 Å². The third kappa shape index (κ3) is 1.71. The van der Waals surface area contributed by atoms with Gasteiger partial charge in [0.25, 0.3) is 0 Å². The van der Waals surface area contributed by atoms with E-state index in [4.69, 9.17) is 0 Å². The number of carbonyl (C=O) groups excluding carboxylic acids is 1. The molecule has 0 N–H and O–H groups in total. The van der Waals surface area contributed by atoms with Gasteiger partial charge in [0.05, 0.1) is 5.54 Å². The minimum Gasteiger partial charge on any atom is -0.211 e. The van der Waals surface area contributed by atoms with Crippen molar-refractivity contribution in [2.45, 2.75) is 31.7 Å². The van der Waals surface area contributed by atoms with Crippen LogP contribution >= 0.6 is 0 Å². The predicted molar refractivity (Wildman–Crippen MR) is 54.8 cm³/mol. The Balaban J connectivity index is 2.58. The highest BCUT2D eigenvalue weighted by atomic mass is 19.1. The van der Waals surface area contributed by atoms with Gasteiger partial charge in [-0.15, -0.1) is 0 Å². The highest BCUT2D eigenvalue weighted by molar-refractivity contribution is 5.42. The summed E-state index contributed by atoms with van der Waals surface area (Å²) in [6.07, 6.45) is 4.27. The van der Waals surface area contributed by atoms with Crippen molar-refractivity contribution in [2.75, 3.05) is 0 Å². The van der Waals surface area contributed by atoms with Crippen LogP contribution in [-0.4, -0.2) is 6.08 Å². The van der Waals surface area contributed by atoms with Crippen molar-refractivity contribution in [1.82, 2.24) is 0 Å².